The fourth-order valence-corrected chi connectivity index (χ4v) is 2.75. The molecule has 4 nitrogen and oxygen atoms in total. The summed E-state index contributed by atoms with van der Waals surface area (Å²) in [6.07, 6.45) is 1.42. The second-order valence-corrected chi connectivity index (χ2v) is 7.60. The van der Waals surface area contributed by atoms with Crippen LogP contribution >= 0.6 is 11.8 Å². The number of carbonyl (C=O) groups excluding carboxylic acids is 1. The molecule has 1 amide bonds. The van der Waals surface area contributed by atoms with Crippen LogP contribution in [0.15, 0.2) is 45.9 Å². The standard InChI is InChI=1S/C16H20N2O2S/c1-16(2,3)21-14-6-4-12(5-7-14)18-15(19)11-8-13(9-17)20-10-11/h4-8,10H,9,17H2,1-3H3,(H,18,19). The average Bonchev–Trinajstić information content (AvgIpc) is 2.88. The lowest BCUT2D eigenvalue weighted by Gasteiger charge is -2.17. The molecule has 3 N–H and O–H groups in total. The molecule has 0 aliphatic rings. The van der Waals surface area contributed by atoms with E-state index in [1.807, 2.05) is 24.3 Å². The van der Waals surface area contributed by atoms with E-state index >= 15 is 0 Å². The van der Waals surface area contributed by atoms with Gasteiger partial charge in [-0.25, -0.2) is 0 Å². The molecule has 1 aromatic heterocycles. The molecule has 0 unspecified atom stereocenters. The van der Waals surface area contributed by atoms with Crippen molar-refractivity contribution in [2.24, 2.45) is 5.73 Å². The maximum absolute atomic E-state index is 12.0. The molecule has 0 atom stereocenters. The van der Waals surface area contributed by atoms with Gasteiger partial charge < -0.3 is 15.5 Å². The maximum atomic E-state index is 12.0. The van der Waals surface area contributed by atoms with Gasteiger partial charge in [0, 0.05) is 15.3 Å². The van der Waals surface area contributed by atoms with Gasteiger partial charge in [0.15, 0.2) is 0 Å². The monoisotopic (exact) mass is 304 g/mol. The van der Waals surface area contributed by atoms with Gasteiger partial charge in [-0.2, -0.15) is 0 Å². The molecule has 0 aliphatic carbocycles. The molecular formula is C16H20N2O2S. The number of benzene rings is 1. The Hall–Kier alpha value is -1.72. The minimum absolute atomic E-state index is 0.167. The first-order valence-corrected chi connectivity index (χ1v) is 7.57. The van der Waals surface area contributed by atoms with E-state index in [2.05, 4.69) is 26.1 Å². The predicted octanol–water partition coefficient (Wildman–Crippen LogP) is 3.88. The third-order valence-electron chi connectivity index (χ3n) is 2.65. The normalized spacial score (nSPS) is 11.4. The second kappa shape index (κ2) is 6.37. The maximum Gasteiger partial charge on any atom is 0.258 e. The zero-order chi connectivity index (χ0) is 15.5. The minimum atomic E-state index is -0.199. The van der Waals surface area contributed by atoms with Crippen LogP contribution in [0.1, 0.15) is 36.9 Å². The van der Waals surface area contributed by atoms with Crippen molar-refractivity contribution in [2.45, 2.75) is 37.0 Å². The van der Waals surface area contributed by atoms with Crippen LogP contribution in [0.4, 0.5) is 5.69 Å². The summed E-state index contributed by atoms with van der Waals surface area (Å²) in [6.45, 7) is 6.79. The van der Waals surface area contributed by atoms with E-state index in [0.29, 0.717) is 11.3 Å². The van der Waals surface area contributed by atoms with Crippen LogP contribution in [0.5, 0.6) is 0 Å². The molecule has 21 heavy (non-hydrogen) atoms. The quantitative estimate of drug-likeness (QED) is 0.841. The van der Waals surface area contributed by atoms with E-state index in [0.717, 1.165) is 5.69 Å². The summed E-state index contributed by atoms with van der Waals surface area (Å²) >= 11 is 1.79. The number of rotatable bonds is 4. The summed E-state index contributed by atoms with van der Waals surface area (Å²) in [5.74, 6) is 0.395. The van der Waals surface area contributed by atoms with Gasteiger partial charge in [-0.1, -0.05) is 20.8 Å². The number of furan rings is 1. The van der Waals surface area contributed by atoms with Crippen LogP contribution in [0.2, 0.25) is 0 Å². The SMILES string of the molecule is CC(C)(C)Sc1ccc(NC(=O)c2coc(CN)c2)cc1. The van der Waals surface area contributed by atoms with E-state index in [1.54, 1.807) is 17.8 Å². The minimum Gasteiger partial charge on any atom is -0.467 e. The van der Waals surface area contributed by atoms with Crippen molar-refractivity contribution in [2.75, 3.05) is 5.32 Å². The fraction of sp³-hybridized carbons (Fsp3) is 0.312. The van der Waals surface area contributed by atoms with Crippen molar-refractivity contribution < 1.29 is 9.21 Å². The topological polar surface area (TPSA) is 68.3 Å². The van der Waals surface area contributed by atoms with Crippen LogP contribution in [-0.2, 0) is 6.54 Å². The second-order valence-electron chi connectivity index (χ2n) is 5.70. The van der Waals surface area contributed by atoms with Crippen LogP contribution in [0.3, 0.4) is 0 Å². The van der Waals surface area contributed by atoms with E-state index in [1.165, 1.54) is 11.2 Å². The highest BCUT2D eigenvalue weighted by Gasteiger charge is 2.13. The first kappa shape index (κ1) is 15.7. The molecule has 0 saturated heterocycles. The predicted molar refractivity (Wildman–Crippen MR) is 86.6 cm³/mol. The molecule has 0 bridgehead atoms. The fourth-order valence-electron chi connectivity index (χ4n) is 1.77. The summed E-state index contributed by atoms with van der Waals surface area (Å²) < 4.78 is 5.32. The number of nitrogens with two attached hydrogens (primary N) is 1. The molecule has 0 saturated carbocycles. The summed E-state index contributed by atoms with van der Waals surface area (Å²) in [5, 5.41) is 2.84. The number of hydrogen-bond donors (Lipinski definition) is 2. The molecule has 0 radical (unpaired) electrons. The lowest BCUT2D eigenvalue weighted by atomic mass is 10.2. The first-order valence-electron chi connectivity index (χ1n) is 6.75. The molecule has 0 spiro atoms. The van der Waals surface area contributed by atoms with E-state index in [9.17, 15) is 4.79 Å². The van der Waals surface area contributed by atoms with Gasteiger partial charge in [0.25, 0.3) is 5.91 Å². The van der Waals surface area contributed by atoms with Crippen molar-refractivity contribution in [1.82, 2.24) is 0 Å². The van der Waals surface area contributed by atoms with E-state index in [4.69, 9.17) is 10.2 Å². The van der Waals surface area contributed by atoms with Gasteiger partial charge in [-0.05, 0) is 30.3 Å². The van der Waals surface area contributed by atoms with Gasteiger partial charge in [0.05, 0.1) is 12.1 Å². The Morgan fingerprint density at radius 2 is 1.95 bits per heavy atom. The van der Waals surface area contributed by atoms with Crippen molar-refractivity contribution in [3.63, 3.8) is 0 Å². The van der Waals surface area contributed by atoms with Gasteiger partial charge in [-0.3, -0.25) is 4.79 Å². The van der Waals surface area contributed by atoms with Gasteiger partial charge >= 0.3 is 0 Å². The lowest BCUT2D eigenvalue weighted by molar-refractivity contribution is 0.102. The van der Waals surface area contributed by atoms with Crippen LogP contribution < -0.4 is 11.1 Å². The Kier molecular flexibility index (Phi) is 4.75. The van der Waals surface area contributed by atoms with Crippen molar-refractivity contribution in [3.05, 3.63) is 47.9 Å². The molecule has 0 fully saturated rings. The van der Waals surface area contributed by atoms with Crippen LogP contribution in [0.25, 0.3) is 0 Å². The summed E-state index contributed by atoms with van der Waals surface area (Å²) in [5.41, 5.74) is 6.69. The number of anilines is 1. The molecular weight excluding hydrogens is 284 g/mol. The highest BCUT2D eigenvalue weighted by molar-refractivity contribution is 8.00. The van der Waals surface area contributed by atoms with Crippen molar-refractivity contribution in [1.29, 1.82) is 0 Å². The zero-order valence-electron chi connectivity index (χ0n) is 12.5. The van der Waals surface area contributed by atoms with Crippen molar-refractivity contribution in [3.8, 4) is 0 Å². The molecule has 5 heteroatoms. The lowest BCUT2D eigenvalue weighted by Crippen LogP contribution is -2.11. The summed E-state index contributed by atoms with van der Waals surface area (Å²) in [6, 6.07) is 9.46. The van der Waals surface area contributed by atoms with Crippen molar-refractivity contribution >= 4 is 23.4 Å². The van der Waals surface area contributed by atoms with Gasteiger partial charge in [0.1, 0.15) is 12.0 Å². The number of amides is 1. The van der Waals surface area contributed by atoms with Crippen LogP contribution in [0, 0.1) is 0 Å². The average molecular weight is 304 g/mol. The Balaban J connectivity index is 2.01. The highest BCUT2D eigenvalue weighted by atomic mass is 32.2. The molecule has 1 aromatic carbocycles. The Bertz CT molecular complexity index is 612. The largest absolute Gasteiger partial charge is 0.467 e. The molecule has 2 aromatic rings. The van der Waals surface area contributed by atoms with Crippen LogP contribution in [-0.4, -0.2) is 10.7 Å². The number of thioether (sulfide) groups is 1. The zero-order valence-corrected chi connectivity index (χ0v) is 13.3. The highest BCUT2D eigenvalue weighted by Crippen LogP contribution is 2.32. The van der Waals surface area contributed by atoms with Gasteiger partial charge in [-0.15, -0.1) is 11.8 Å². The van der Waals surface area contributed by atoms with E-state index < -0.39 is 0 Å². The molecule has 2 rings (SSSR count). The number of nitrogens with one attached hydrogen (secondary N) is 1. The number of carbonyl (C=O) groups is 1. The molecule has 1 heterocycles. The van der Waals surface area contributed by atoms with Gasteiger partial charge in [0.2, 0.25) is 0 Å². The smallest absolute Gasteiger partial charge is 0.258 e. The summed E-state index contributed by atoms with van der Waals surface area (Å²) in [4.78, 5) is 13.2. The number of hydrogen-bond acceptors (Lipinski definition) is 4. The molecule has 112 valence electrons. The molecule has 0 aliphatic heterocycles. The third-order valence-corrected chi connectivity index (χ3v) is 3.77. The third kappa shape index (κ3) is 4.65. The Morgan fingerprint density at radius 3 is 2.48 bits per heavy atom. The first-order chi connectivity index (χ1) is 9.87. The van der Waals surface area contributed by atoms with E-state index in [-0.39, 0.29) is 17.2 Å². The Morgan fingerprint density at radius 1 is 1.29 bits per heavy atom. The Labute approximate surface area is 129 Å². The summed E-state index contributed by atoms with van der Waals surface area (Å²) in [7, 11) is 0.